The topological polar surface area (TPSA) is 108 Å². The van der Waals surface area contributed by atoms with Gasteiger partial charge in [0.05, 0.1) is 5.56 Å². The monoisotopic (exact) mass is 375 g/mol. The Balaban J connectivity index is 1.37. The van der Waals surface area contributed by atoms with Crippen molar-refractivity contribution in [3.05, 3.63) is 65.0 Å². The van der Waals surface area contributed by atoms with E-state index in [2.05, 4.69) is 30.4 Å². The van der Waals surface area contributed by atoms with Gasteiger partial charge in [-0.3, -0.25) is 14.0 Å². The summed E-state index contributed by atoms with van der Waals surface area (Å²) >= 11 is 0. The Labute approximate surface area is 159 Å². The van der Waals surface area contributed by atoms with E-state index in [0.717, 1.165) is 24.2 Å². The Morgan fingerprint density at radius 2 is 2.18 bits per heavy atom. The van der Waals surface area contributed by atoms with Crippen LogP contribution in [0.2, 0.25) is 0 Å². The van der Waals surface area contributed by atoms with Gasteiger partial charge in [0.25, 0.3) is 5.91 Å². The van der Waals surface area contributed by atoms with Gasteiger partial charge in [0.1, 0.15) is 6.33 Å². The molecule has 0 radical (unpaired) electrons. The molecule has 9 nitrogen and oxygen atoms in total. The Morgan fingerprint density at radius 3 is 3.11 bits per heavy atom. The van der Waals surface area contributed by atoms with Crippen LogP contribution < -0.4 is 15.8 Å². The lowest BCUT2D eigenvalue weighted by Gasteiger charge is -2.18. The maximum atomic E-state index is 12.9. The lowest BCUT2D eigenvalue weighted by Crippen LogP contribution is -2.37. The minimum atomic E-state index is -0.292. The molecule has 0 saturated carbocycles. The molecule has 1 aromatic carbocycles. The molecule has 1 fully saturated rings. The molecule has 140 valence electrons. The normalized spacial score (nSPS) is 16.7. The number of anilines is 1. The molecule has 1 amide bonds. The maximum Gasteiger partial charge on any atom is 0.252 e. The van der Waals surface area contributed by atoms with Crippen molar-refractivity contribution >= 4 is 28.3 Å². The molecule has 28 heavy (non-hydrogen) atoms. The van der Waals surface area contributed by atoms with Gasteiger partial charge in [0.15, 0.2) is 5.82 Å². The average molecular weight is 375 g/mol. The highest BCUT2D eigenvalue weighted by molar-refractivity contribution is 6.06. The summed E-state index contributed by atoms with van der Waals surface area (Å²) in [5.74, 6) is 0.501. The van der Waals surface area contributed by atoms with Gasteiger partial charge >= 0.3 is 0 Å². The molecule has 0 spiro atoms. The van der Waals surface area contributed by atoms with Crippen LogP contribution in [-0.4, -0.2) is 49.6 Å². The summed E-state index contributed by atoms with van der Waals surface area (Å²) < 4.78 is 1.82. The number of carbonyl (C=O) groups excluding carboxylic acids is 1. The van der Waals surface area contributed by atoms with E-state index in [9.17, 15) is 9.59 Å². The molecule has 1 aliphatic rings. The van der Waals surface area contributed by atoms with E-state index in [0.29, 0.717) is 23.3 Å². The number of carbonyl (C=O) groups is 1. The van der Waals surface area contributed by atoms with Crippen LogP contribution in [-0.2, 0) is 0 Å². The number of benzene rings is 1. The van der Waals surface area contributed by atoms with Crippen molar-refractivity contribution in [1.29, 1.82) is 0 Å². The fraction of sp³-hybridized carbons (Fsp3) is 0.211. The van der Waals surface area contributed by atoms with Crippen LogP contribution in [0.25, 0.3) is 16.6 Å². The third-order valence-electron chi connectivity index (χ3n) is 5.02. The molecule has 4 aromatic rings. The van der Waals surface area contributed by atoms with Crippen LogP contribution in [0.15, 0.2) is 53.8 Å². The van der Waals surface area contributed by atoms with Crippen molar-refractivity contribution in [2.75, 3.05) is 18.0 Å². The summed E-state index contributed by atoms with van der Waals surface area (Å²) in [6.45, 7) is 1.37. The van der Waals surface area contributed by atoms with Gasteiger partial charge in [0, 0.05) is 48.5 Å². The predicted octanol–water partition coefficient (Wildman–Crippen LogP) is 0.974. The Kier molecular flexibility index (Phi) is 3.78. The quantitative estimate of drug-likeness (QED) is 0.552. The van der Waals surface area contributed by atoms with E-state index in [1.807, 2.05) is 22.6 Å². The molecule has 4 heterocycles. The molecular weight excluding hydrogens is 358 g/mol. The van der Waals surface area contributed by atoms with Crippen molar-refractivity contribution in [3.8, 4) is 0 Å². The first kappa shape index (κ1) is 16.4. The largest absolute Gasteiger partial charge is 0.351 e. The van der Waals surface area contributed by atoms with Gasteiger partial charge in [-0.2, -0.15) is 0 Å². The number of nitrogens with one attached hydrogen (secondary N) is 2. The second-order valence-corrected chi connectivity index (χ2v) is 6.81. The summed E-state index contributed by atoms with van der Waals surface area (Å²) in [6.07, 6.45) is 5.92. The van der Waals surface area contributed by atoms with E-state index in [1.165, 1.54) is 6.07 Å². The first-order valence-corrected chi connectivity index (χ1v) is 9.01. The third-order valence-corrected chi connectivity index (χ3v) is 5.02. The van der Waals surface area contributed by atoms with Crippen LogP contribution in [0.5, 0.6) is 0 Å². The zero-order valence-corrected chi connectivity index (χ0v) is 14.9. The number of hydrogen-bond donors (Lipinski definition) is 2. The number of para-hydroxylation sites is 1. The van der Waals surface area contributed by atoms with Crippen LogP contribution >= 0.6 is 0 Å². The Bertz CT molecular complexity index is 1250. The number of hydrogen-bond acceptors (Lipinski definition) is 6. The first-order chi connectivity index (χ1) is 13.7. The van der Waals surface area contributed by atoms with E-state index in [1.54, 1.807) is 24.8 Å². The standard InChI is InChI=1S/C19H17N7O2/c27-16-9-14(13-3-1-2-4-15(13)23-16)19(28)22-12-5-7-25(10-12)17-18-24-21-11-26(18)8-6-20-17/h1-4,6,8-9,11-12H,5,7,10H2,(H,22,28)(H,23,27)/t12-/m0/s1. The number of nitrogens with zero attached hydrogens (tertiary/aromatic N) is 5. The highest BCUT2D eigenvalue weighted by Crippen LogP contribution is 2.22. The van der Waals surface area contributed by atoms with Gasteiger partial charge < -0.3 is 15.2 Å². The summed E-state index contributed by atoms with van der Waals surface area (Å²) in [4.78, 5) is 34.0. The third kappa shape index (κ3) is 2.77. The minimum absolute atomic E-state index is 0.0458. The van der Waals surface area contributed by atoms with Crippen LogP contribution in [0, 0.1) is 0 Å². The highest BCUT2D eigenvalue weighted by atomic mass is 16.2. The number of aromatic nitrogens is 5. The Morgan fingerprint density at radius 1 is 1.29 bits per heavy atom. The molecule has 9 heteroatoms. The summed E-state index contributed by atoms with van der Waals surface area (Å²) in [7, 11) is 0. The van der Waals surface area contributed by atoms with E-state index in [-0.39, 0.29) is 17.5 Å². The lowest BCUT2D eigenvalue weighted by atomic mass is 10.1. The van der Waals surface area contributed by atoms with Crippen molar-refractivity contribution in [1.82, 2.24) is 29.9 Å². The lowest BCUT2D eigenvalue weighted by molar-refractivity contribution is 0.0942. The second kappa shape index (κ2) is 6.45. The molecule has 1 aliphatic heterocycles. The average Bonchev–Trinajstić information content (AvgIpc) is 3.36. The molecule has 0 bridgehead atoms. The van der Waals surface area contributed by atoms with Crippen molar-refractivity contribution in [2.24, 2.45) is 0 Å². The number of amides is 1. The summed E-state index contributed by atoms with van der Waals surface area (Å²) in [5, 5.41) is 11.8. The van der Waals surface area contributed by atoms with E-state index < -0.39 is 0 Å². The zero-order valence-electron chi connectivity index (χ0n) is 14.9. The van der Waals surface area contributed by atoms with Crippen molar-refractivity contribution in [3.63, 3.8) is 0 Å². The fourth-order valence-electron chi connectivity index (χ4n) is 3.69. The number of aromatic amines is 1. The van der Waals surface area contributed by atoms with Crippen LogP contribution in [0.3, 0.4) is 0 Å². The zero-order chi connectivity index (χ0) is 19.1. The first-order valence-electron chi connectivity index (χ1n) is 9.01. The van der Waals surface area contributed by atoms with E-state index in [4.69, 9.17) is 0 Å². The van der Waals surface area contributed by atoms with Gasteiger partial charge in [-0.1, -0.05) is 18.2 Å². The Hall–Kier alpha value is -3.75. The van der Waals surface area contributed by atoms with E-state index >= 15 is 0 Å². The van der Waals surface area contributed by atoms with Gasteiger partial charge in [-0.25, -0.2) is 4.98 Å². The molecule has 2 N–H and O–H groups in total. The number of pyridine rings is 1. The molecular formula is C19H17N7O2. The number of rotatable bonds is 3. The van der Waals surface area contributed by atoms with Crippen molar-refractivity contribution in [2.45, 2.75) is 12.5 Å². The molecule has 5 rings (SSSR count). The van der Waals surface area contributed by atoms with Crippen LogP contribution in [0.4, 0.5) is 5.82 Å². The molecule has 1 saturated heterocycles. The second-order valence-electron chi connectivity index (χ2n) is 6.81. The molecule has 3 aromatic heterocycles. The van der Waals surface area contributed by atoms with Gasteiger partial charge in [-0.05, 0) is 12.5 Å². The fourth-order valence-corrected chi connectivity index (χ4v) is 3.69. The van der Waals surface area contributed by atoms with Crippen LogP contribution in [0.1, 0.15) is 16.8 Å². The molecule has 0 aliphatic carbocycles. The minimum Gasteiger partial charge on any atom is -0.351 e. The summed E-state index contributed by atoms with van der Waals surface area (Å²) in [5.41, 5.74) is 1.43. The highest BCUT2D eigenvalue weighted by Gasteiger charge is 2.27. The summed E-state index contributed by atoms with van der Waals surface area (Å²) in [6, 6.07) is 8.60. The smallest absolute Gasteiger partial charge is 0.252 e. The van der Waals surface area contributed by atoms with Crippen molar-refractivity contribution < 1.29 is 4.79 Å². The maximum absolute atomic E-state index is 12.9. The molecule has 1 atom stereocenters. The predicted molar refractivity (Wildman–Crippen MR) is 103 cm³/mol. The van der Waals surface area contributed by atoms with Gasteiger partial charge in [0.2, 0.25) is 11.2 Å². The molecule has 0 unspecified atom stereocenters. The SMILES string of the molecule is O=C(N[C@H]1CCN(c2nccn3cnnc23)C1)c1cc(=O)[nH]c2ccccc12. The number of fused-ring (bicyclic) bond motifs is 2. The number of H-pyrrole nitrogens is 1. The van der Waals surface area contributed by atoms with Gasteiger partial charge in [-0.15, -0.1) is 10.2 Å².